The largest absolute Gasteiger partial charge is 0.382 e. The Kier molecular flexibility index (Phi) is 8.48. The number of carbonyl (C=O) groups is 2. The molecule has 2 rings (SSSR count). The molecular formula is C26H36N2O4. The fourth-order valence-electron chi connectivity index (χ4n) is 3.45. The summed E-state index contributed by atoms with van der Waals surface area (Å²) in [7, 11) is 4.06. The van der Waals surface area contributed by atoms with E-state index < -0.39 is 11.2 Å². The molecule has 0 saturated heterocycles. The summed E-state index contributed by atoms with van der Waals surface area (Å²) < 4.78 is 0. The molecular weight excluding hydrogens is 404 g/mol. The molecule has 0 spiro atoms. The average molecular weight is 441 g/mol. The van der Waals surface area contributed by atoms with Crippen molar-refractivity contribution in [3.05, 3.63) is 70.8 Å². The molecule has 0 atom stereocenters. The van der Waals surface area contributed by atoms with E-state index in [1.165, 1.54) is 27.7 Å². The molecule has 0 aromatic heterocycles. The van der Waals surface area contributed by atoms with Crippen LogP contribution in [0.1, 0.15) is 59.5 Å². The van der Waals surface area contributed by atoms with Crippen LogP contribution in [0.25, 0.3) is 0 Å². The van der Waals surface area contributed by atoms with Crippen LogP contribution in [0.2, 0.25) is 0 Å². The monoisotopic (exact) mass is 440 g/mol. The van der Waals surface area contributed by atoms with Crippen LogP contribution < -0.4 is 0 Å². The van der Waals surface area contributed by atoms with Gasteiger partial charge in [-0.2, -0.15) is 0 Å². The minimum Gasteiger partial charge on any atom is -0.382 e. The molecule has 0 unspecified atom stereocenters. The third-order valence-electron chi connectivity index (χ3n) is 5.26. The van der Waals surface area contributed by atoms with E-state index in [1.807, 2.05) is 50.5 Å². The summed E-state index contributed by atoms with van der Waals surface area (Å²) in [6, 6.07) is 14.8. The molecule has 0 saturated carbocycles. The minimum absolute atomic E-state index is 0.285. The molecule has 0 amide bonds. The van der Waals surface area contributed by atoms with Crippen molar-refractivity contribution in [1.82, 2.24) is 9.80 Å². The molecule has 0 bridgehead atoms. The van der Waals surface area contributed by atoms with E-state index in [0.29, 0.717) is 24.2 Å². The van der Waals surface area contributed by atoms with Crippen molar-refractivity contribution >= 4 is 11.6 Å². The van der Waals surface area contributed by atoms with Crippen LogP contribution in [-0.2, 0) is 13.1 Å². The summed E-state index contributed by atoms with van der Waals surface area (Å²) in [6.45, 7) is 9.03. The Morgan fingerprint density at radius 2 is 1.06 bits per heavy atom. The maximum Gasteiger partial charge on any atom is 0.193 e. The van der Waals surface area contributed by atoms with Crippen LogP contribution in [-0.4, -0.2) is 70.0 Å². The van der Waals surface area contributed by atoms with Gasteiger partial charge in [0.05, 0.1) is 0 Å². The quantitative estimate of drug-likeness (QED) is 0.523. The summed E-state index contributed by atoms with van der Waals surface area (Å²) in [5.74, 6) is -0.570. The molecule has 6 heteroatoms. The summed E-state index contributed by atoms with van der Waals surface area (Å²) in [5, 5.41) is 19.9. The number of nitrogens with zero attached hydrogens (tertiary/aromatic N) is 2. The molecule has 0 aliphatic rings. The van der Waals surface area contributed by atoms with Crippen molar-refractivity contribution < 1.29 is 19.8 Å². The van der Waals surface area contributed by atoms with Crippen LogP contribution in [0, 0.1) is 0 Å². The highest BCUT2D eigenvalue weighted by molar-refractivity contribution is 6.02. The number of hydrogen-bond donors (Lipinski definition) is 2. The molecule has 0 radical (unpaired) electrons. The van der Waals surface area contributed by atoms with Crippen molar-refractivity contribution in [2.45, 2.75) is 52.0 Å². The van der Waals surface area contributed by atoms with Gasteiger partial charge in [0, 0.05) is 37.3 Å². The number of benzene rings is 2. The number of Topliss-reactive ketones (excluding diaryl/α,β-unsaturated/α-hetero) is 2. The summed E-state index contributed by atoms with van der Waals surface area (Å²) in [4.78, 5) is 29.0. The second-order valence-corrected chi connectivity index (χ2v) is 9.65. The fraction of sp³-hybridized carbons (Fsp3) is 0.462. The van der Waals surface area contributed by atoms with Gasteiger partial charge in [-0.05, 0) is 65.0 Å². The molecule has 0 aliphatic carbocycles. The Balaban J connectivity index is 1.91. The van der Waals surface area contributed by atoms with Crippen molar-refractivity contribution in [2.24, 2.45) is 0 Å². The van der Waals surface area contributed by atoms with E-state index in [0.717, 1.165) is 24.2 Å². The van der Waals surface area contributed by atoms with Gasteiger partial charge in [-0.15, -0.1) is 0 Å². The maximum absolute atomic E-state index is 12.3. The van der Waals surface area contributed by atoms with Crippen LogP contribution >= 0.6 is 0 Å². The third kappa shape index (κ3) is 7.64. The lowest BCUT2D eigenvalue weighted by molar-refractivity contribution is 0.0487. The molecule has 2 N–H and O–H groups in total. The first kappa shape index (κ1) is 25.9. The highest BCUT2D eigenvalue weighted by Crippen LogP contribution is 2.16. The Labute approximate surface area is 191 Å². The van der Waals surface area contributed by atoms with Crippen LogP contribution in [0.4, 0.5) is 0 Å². The zero-order valence-corrected chi connectivity index (χ0v) is 20.1. The molecule has 2 aromatic rings. The summed E-state index contributed by atoms with van der Waals surface area (Å²) in [6.07, 6.45) is 0. The number of ketones is 2. The average Bonchev–Trinajstić information content (AvgIpc) is 2.70. The Bertz CT molecular complexity index is 864. The van der Waals surface area contributed by atoms with Crippen molar-refractivity contribution in [3.63, 3.8) is 0 Å². The van der Waals surface area contributed by atoms with Gasteiger partial charge in [-0.25, -0.2) is 0 Å². The van der Waals surface area contributed by atoms with E-state index in [4.69, 9.17) is 0 Å². The predicted molar refractivity (Wildman–Crippen MR) is 127 cm³/mol. The lowest BCUT2D eigenvalue weighted by Gasteiger charge is -2.23. The van der Waals surface area contributed by atoms with Gasteiger partial charge in [-0.3, -0.25) is 9.59 Å². The molecule has 2 aromatic carbocycles. The zero-order valence-electron chi connectivity index (χ0n) is 20.1. The van der Waals surface area contributed by atoms with Gasteiger partial charge in [0.1, 0.15) is 11.2 Å². The van der Waals surface area contributed by atoms with Crippen molar-refractivity contribution in [2.75, 3.05) is 27.2 Å². The number of carbonyl (C=O) groups excluding carboxylic acids is 2. The van der Waals surface area contributed by atoms with Crippen LogP contribution in [0.5, 0.6) is 0 Å². The van der Waals surface area contributed by atoms with Crippen molar-refractivity contribution in [1.29, 1.82) is 0 Å². The maximum atomic E-state index is 12.3. The lowest BCUT2D eigenvalue weighted by Crippen LogP contribution is -2.32. The molecule has 0 heterocycles. The molecule has 0 aliphatic heterocycles. The molecule has 6 nitrogen and oxygen atoms in total. The SMILES string of the molecule is CN(CCN(C)Cc1cccc(C(=O)C(C)(C)O)c1)Cc1cccc(C(=O)C(C)(C)O)c1. The van der Waals surface area contributed by atoms with Gasteiger partial charge in [0.25, 0.3) is 0 Å². The van der Waals surface area contributed by atoms with E-state index in [9.17, 15) is 19.8 Å². The topological polar surface area (TPSA) is 81.1 Å². The summed E-state index contributed by atoms with van der Waals surface area (Å²) >= 11 is 0. The highest BCUT2D eigenvalue weighted by Gasteiger charge is 2.26. The van der Waals surface area contributed by atoms with Gasteiger partial charge >= 0.3 is 0 Å². The zero-order chi connectivity index (χ0) is 24.1. The Morgan fingerprint density at radius 3 is 1.38 bits per heavy atom. The third-order valence-corrected chi connectivity index (χ3v) is 5.26. The number of rotatable bonds is 11. The van der Waals surface area contributed by atoms with E-state index in [2.05, 4.69) is 9.80 Å². The molecule has 32 heavy (non-hydrogen) atoms. The smallest absolute Gasteiger partial charge is 0.193 e. The van der Waals surface area contributed by atoms with Gasteiger partial charge in [-0.1, -0.05) is 36.4 Å². The highest BCUT2D eigenvalue weighted by atomic mass is 16.3. The summed E-state index contributed by atoms with van der Waals surface area (Å²) in [5.41, 5.74) is 0.289. The molecule has 0 fully saturated rings. The standard InChI is InChI=1S/C26H36N2O4/c1-25(2,31)23(29)21-11-7-9-19(15-21)17-27(5)13-14-28(6)18-20-10-8-12-22(16-20)24(30)26(3,4)32/h7-12,15-16,31-32H,13-14,17-18H2,1-6H3. The first-order valence-electron chi connectivity index (χ1n) is 10.9. The minimum atomic E-state index is -1.39. The predicted octanol–water partition coefficient (Wildman–Crippen LogP) is 3.16. The number of hydrogen-bond acceptors (Lipinski definition) is 6. The van der Waals surface area contributed by atoms with Gasteiger partial charge in [0.15, 0.2) is 11.6 Å². The first-order chi connectivity index (χ1) is 14.8. The number of likely N-dealkylation sites (N-methyl/N-ethyl adjacent to an activating group) is 2. The van der Waals surface area contributed by atoms with Crippen molar-refractivity contribution in [3.8, 4) is 0 Å². The number of aliphatic hydroxyl groups is 2. The van der Waals surface area contributed by atoms with Gasteiger partial charge in [0.2, 0.25) is 0 Å². The molecule has 174 valence electrons. The normalized spacial score (nSPS) is 12.4. The van der Waals surface area contributed by atoms with Crippen LogP contribution in [0.3, 0.4) is 0 Å². The second kappa shape index (κ2) is 10.5. The Morgan fingerprint density at radius 1 is 0.719 bits per heavy atom. The Hall–Kier alpha value is -2.38. The van der Waals surface area contributed by atoms with E-state index >= 15 is 0 Å². The lowest BCUT2D eigenvalue weighted by atomic mass is 9.95. The first-order valence-corrected chi connectivity index (χ1v) is 10.9. The van der Waals surface area contributed by atoms with E-state index in [1.54, 1.807) is 12.1 Å². The fourth-order valence-corrected chi connectivity index (χ4v) is 3.45. The second-order valence-electron chi connectivity index (χ2n) is 9.65. The van der Waals surface area contributed by atoms with Gasteiger partial charge < -0.3 is 20.0 Å². The van der Waals surface area contributed by atoms with E-state index in [-0.39, 0.29) is 11.6 Å². The van der Waals surface area contributed by atoms with Crippen LogP contribution in [0.15, 0.2) is 48.5 Å².